The zero-order valence-corrected chi connectivity index (χ0v) is 8.50. The molecule has 5 heteroatoms. The van der Waals surface area contributed by atoms with Crippen molar-refractivity contribution in [1.82, 2.24) is 10.6 Å². The van der Waals surface area contributed by atoms with E-state index in [-0.39, 0.29) is 17.9 Å². The minimum Gasteiger partial charge on any atom is -0.392 e. The summed E-state index contributed by atoms with van der Waals surface area (Å²) in [5, 5.41) is 9.46. The molecule has 0 spiro atoms. The molecule has 1 aliphatic heterocycles. The zero-order chi connectivity index (χ0) is 10.6. The Hall–Kier alpha value is -1.23. The molecule has 0 aliphatic carbocycles. The number of Topliss-reactive ketones (excluding diaryl/α,β-unsaturated/α-hetero) is 1. The van der Waals surface area contributed by atoms with Gasteiger partial charge in [0.25, 0.3) is 0 Å². The molecule has 14 heavy (non-hydrogen) atoms. The third kappa shape index (κ3) is 2.63. The average Bonchev–Trinajstić information content (AvgIpc) is 2.12. The first kappa shape index (κ1) is 10.8. The lowest BCUT2D eigenvalue weighted by atomic mass is 9.96. The number of carbonyl (C=O) groups excluding carboxylic acids is 1. The van der Waals surface area contributed by atoms with Crippen LogP contribution in [-0.2, 0) is 4.79 Å². The summed E-state index contributed by atoms with van der Waals surface area (Å²) in [6, 6.07) is 0.0551. The van der Waals surface area contributed by atoms with E-state index in [1.54, 1.807) is 13.2 Å². The molecule has 0 aromatic carbocycles. The number of hydrogen-bond acceptors (Lipinski definition) is 5. The molecule has 0 unspecified atom stereocenters. The maximum atomic E-state index is 11.3. The maximum absolute atomic E-state index is 11.3. The van der Waals surface area contributed by atoms with E-state index in [0.29, 0.717) is 18.5 Å². The van der Waals surface area contributed by atoms with Crippen LogP contribution < -0.4 is 10.6 Å². The molecule has 0 aromatic heterocycles. The highest BCUT2D eigenvalue weighted by molar-refractivity contribution is 5.81. The van der Waals surface area contributed by atoms with Gasteiger partial charge in [0.15, 0.2) is 0 Å². The van der Waals surface area contributed by atoms with Crippen LogP contribution in [0.2, 0.25) is 0 Å². The van der Waals surface area contributed by atoms with E-state index in [1.165, 1.54) is 0 Å². The van der Waals surface area contributed by atoms with Gasteiger partial charge < -0.3 is 10.6 Å². The van der Waals surface area contributed by atoms with E-state index in [9.17, 15) is 4.79 Å². The number of nitrogens with zero attached hydrogens (tertiary/aromatic N) is 1. The topological polar surface area (TPSA) is 77.3 Å². The minimum atomic E-state index is -0.115. The molecule has 1 rings (SSSR count). The SMILES string of the molecule is CN/C=C(\N=N)[C@@H]1CC(=O)C[C@H](C)N1. The number of nitrogens with one attached hydrogen (secondary N) is 3. The summed E-state index contributed by atoms with van der Waals surface area (Å²) in [5.41, 5.74) is 7.57. The molecule has 78 valence electrons. The van der Waals surface area contributed by atoms with E-state index in [0.717, 1.165) is 0 Å². The Morgan fingerprint density at radius 2 is 2.43 bits per heavy atom. The number of carbonyl (C=O) groups is 1. The molecule has 1 fully saturated rings. The molecule has 5 nitrogen and oxygen atoms in total. The molecular weight excluding hydrogens is 180 g/mol. The lowest BCUT2D eigenvalue weighted by Gasteiger charge is -2.27. The van der Waals surface area contributed by atoms with Crippen molar-refractivity contribution in [3.8, 4) is 0 Å². The second-order valence-electron chi connectivity index (χ2n) is 3.54. The van der Waals surface area contributed by atoms with Crippen molar-refractivity contribution in [2.45, 2.75) is 31.8 Å². The quantitative estimate of drug-likeness (QED) is 0.584. The molecule has 2 atom stereocenters. The first-order valence-electron chi connectivity index (χ1n) is 4.70. The van der Waals surface area contributed by atoms with Crippen molar-refractivity contribution in [1.29, 1.82) is 5.53 Å². The first-order valence-corrected chi connectivity index (χ1v) is 4.70. The molecule has 0 saturated carbocycles. The zero-order valence-electron chi connectivity index (χ0n) is 8.50. The molecular formula is C9H16N4O. The number of ketones is 1. The number of rotatable bonds is 3. The Balaban J connectivity index is 2.70. The van der Waals surface area contributed by atoms with Gasteiger partial charge >= 0.3 is 0 Å². The Kier molecular flexibility index (Phi) is 3.76. The second kappa shape index (κ2) is 4.85. The van der Waals surface area contributed by atoms with Gasteiger partial charge in [0.05, 0.1) is 11.7 Å². The van der Waals surface area contributed by atoms with Crippen molar-refractivity contribution >= 4 is 5.78 Å². The molecule has 0 radical (unpaired) electrons. The van der Waals surface area contributed by atoms with Gasteiger partial charge in [0.1, 0.15) is 5.78 Å². The Morgan fingerprint density at radius 3 is 2.93 bits per heavy atom. The molecule has 1 heterocycles. The average molecular weight is 196 g/mol. The van der Waals surface area contributed by atoms with Crippen LogP contribution in [0, 0.1) is 5.53 Å². The summed E-state index contributed by atoms with van der Waals surface area (Å²) in [6.45, 7) is 1.96. The first-order chi connectivity index (χ1) is 6.67. The largest absolute Gasteiger partial charge is 0.392 e. The molecule has 3 N–H and O–H groups in total. The third-order valence-electron chi connectivity index (χ3n) is 2.23. The second-order valence-corrected chi connectivity index (χ2v) is 3.54. The Bertz CT molecular complexity index is 262. The van der Waals surface area contributed by atoms with Gasteiger partial charge in [-0.05, 0) is 6.92 Å². The highest BCUT2D eigenvalue weighted by Gasteiger charge is 2.26. The van der Waals surface area contributed by atoms with Crippen molar-refractivity contribution < 1.29 is 4.79 Å². The summed E-state index contributed by atoms with van der Waals surface area (Å²) in [6.07, 6.45) is 2.65. The fourth-order valence-electron chi connectivity index (χ4n) is 1.66. The van der Waals surface area contributed by atoms with Crippen molar-refractivity contribution in [3.63, 3.8) is 0 Å². The fourth-order valence-corrected chi connectivity index (χ4v) is 1.66. The van der Waals surface area contributed by atoms with Crippen LogP contribution in [0.25, 0.3) is 0 Å². The van der Waals surface area contributed by atoms with Crippen LogP contribution in [0.3, 0.4) is 0 Å². The lowest BCUT2D eigenvalue weighted by molar-refractivity contribution is -0.121. The fraction of sp³-hybridized carbons (Fsp3) is 0.667. The van der Waals surface area contributed by atoms with Crippen LogP contribution in [0.15, 0.2) is 17.0 Å². The summed E-state index contributed by atoms with van der Waals surface area (Å²) < 4.78 is 0. The van der Waals surface area contributed by atoms with E-state index in [1.807, 2.05) is 6.92 Å². The number of hydrogen-bond donors (Lipinski definition) is 3. The Morgan fingerprint density at radius 1 is 1.71 bits per heavy atom. The van der Waals surface area contributed by atoms with Crippen molar-refractivity contribution in [2.24, 2.45) is 5.11 Å². The van der Waals surface area contributed by atoms with Crippen LogP contribution >= 0.6 is 0 Å². The minimum absolute atomic E-state index is 0.115. The summed E-state index contributed by atoms with van der Waals surface area (Å²) in [7, 11) is 1.75. The van der Waals surface area contributed by atoms with E-state index in [4.69, 9.17) is 5.53 Å². The van der Waals surface area contributed by atoms with Gasteiger partial charge in [-0.1, -0.05) is 0 Å². The molecule has 1 aliphatic rings. The lowest BCUT2D eigenvalue weighted by Crippen LogP contribution is -2.45. The molecule has 0 bridgehead atoms. The van der Waals surface area contributed by atoms with E-state index >= 15 is 0 Å². The van der Waals surface area contributed by atoms with Gasteiger partial charge in [-0.15, -0.1) is 0 Å². The van der Waals surface area contributed by atoms with Gasteiger partial charge in [-0.2, -0.15) is 5.11 Å². The monoisotopic (exact) mass is 196 g/mol. The Labute approximate surface area is 83.5 Å². The van der Waals surface area contributed by atoms with Crippen molar-refractivity contribution in [2.75, 3.05) is 7.05 Å². The summed E-state index contributed by atoms with van der Waals surface area (Å²) in [4.78, 5) is 11.3. The van der Waals surface area contributed by atoms with Gasteiger partial charge in [-0.25, -0.2) is 5.53 Å². The van der Waals surface area contributed by atoms with Crippen LogP contribution in [0.4, 0.5) is 0 Å². The normalized spacial score (nSPS) is 28.7. The third-order valence-corrected chi connectivity index (χ3v) is 2.23. The van der Waals surface area contributed by atoms with Gasteiger partial charge in [-0.3, -0.25) is 4.79 Å². The maximum Gasteiger partial charge on any atom is 0.136 e. The van der Waals surface area contributed by atoms with Crippen LogP contribution in [0.5, 0.6) is 0 Å². The predicted octanol–water partition coefficient (Wildman–Crippen LogP) is 0.788. The summed E-state index contributed by atoms with van der Waals surface area (Å²) >= 11 is 0. The van der Waals surface area contributed by atoms with E-state index in [2.05, 4.69) is 15.7 Å². The van der Waals surface area contributed by atoms with E-state index < -0.39 is 0 Å². The highest BCUT2D eigenvalue weighted by Crippen LogP contribution is 2.16. The molecule has 0 aromatic rings. The van der Waals surface area contributed by atoms with Crippen LogP contribution in [-0.4, -0.2) is 24.9 Å². The predicted molar refractivity (Wildman–Crippen MR) is 52.9 cm³/mol. The molecule has 1 saturated heterocycles. The van der Waals surface area contributed by atoms with Gasteiger partial charge in [0, 0.05) is 32.1 Å². The number of piperidine rings is 1. The smallest absolute Gasteiger partial charge is 0.136 e. The van der Waals surface area contributed by atoms with Gasteiger partial charge in [0.2, 0.25) is 0 Å². The summed E-state index contributed by atoms with van der Waals surface area (Å²) in [5.74, 6) is 0.229. The van der Waals surface area contributed by atoms with Crippen molar-refractivity contribution in [3.05, 3.63) is 11.9 Å². The van der Waals surface area contributed by atoms with Crippen LogP contribution in [0.1, 0.15) is 19.8 Å². The molecule has 0 amide bonds. The standard InChI is InChI=1S/C9H16N4O/c1-6-3-7(14)4-8(12-6)9(13-10)5-11-2/h5-6,8,10-12H,3-4H2,1-2H3/b9-5-,13-10?/t6-,8-/m0/s1. The highest BCUT2D eigenvalue weighted by atomic mass is 16.1.